The summed E-state index contributed by atoms with van der Waals surface area (Å²) >= 11 is 0. The summed E-state index contributed by atoms with van der Waals surface area (Å²) in [6.45, 7) is 1.56. The second-order valence-electron chi connectivity index (χ2n) is 6.49. The summed E-state index contributed by atoms with van der Waals surface area (Å²) in [5, 5.41) is 12.7. The summed E-state index contributed by atoms with van der Waals surface area (Å²) in [6.07, 6.45) is 4.92. The molecule has 2 atom stereocenters. The van der Waals surface area contributed by atoms with Gasteiger partial charge >= 0.3 is 0 Å². The molecule has 0 aromatic heterocycles. The van der Waals surface area contributed by atoms with Gasteiger partial charge in [-0.1, -0.05) is 12.1 Å². The monoisotopic (exact) mass is 316 g/mol. The van der Waals surface area contributed by atoms with E-state index in [1.165, 1.54) is 6.42 Å². The maximum Gasteiger partial charge on any atom is 0.255 e. The van der Waals surface area contributed by atoms with Crippen molar-refractivity contribution in [2.45, 2.75) is 44.6 Å². The van der Waals surface area contributed by atoms with Gasteiger partial charge in [-0.15, -0.1) is 0 Å². The lowest BCUT2D eigenvalue weighted by molar-refractivity contribution is -0.122. The summed E-state index contributed by atoms with van der Waals surface area (Å²) in [5.74, 6) is -0.574. The number of aliphatic hydroxyl groups excluding tert-OH is 1. The van der Waals surface area contributed by atoms with E-state index in [0.717, 1.165) is 32.4 Å². The average molecular weight is 316 g/mol. The third kappa shape index (κ3) is 3.55. The van der Waals surface area contributed by atoms with Crippen molar-refractivity contribution < 1.29 is 14.7 Å². The van der Waals surface area contributed by atoms with E-state index < -0.39 is 6.10 Å². The maximum atomic E-state index is 12.7. The van der Waals surface area contributed by atoms with Gasteiger partial charge in [0.15, 0.2) is 0 Å². The van der Waals surface area contributed by atoms with Crippen LogP contribution < -0.4 is 5.32 Å². The zero-order valence-corrected chi connectivity index (χ0v) is 13.3. The zero-order chi connectivity index (χ0) is 16.2. The van der Waals surface area contributed by atoms with Crippen molar-refractivity contribution in [3.8, 4) is 0 Å². The van der Waals surface area contributed by atoms with Crippen LogP contribution in [-0.4, -0.2) is 41.0 Å². The number of nitrogens with one attached hydrogen (secondary N) is 1. The molecule has 1 saturated carbocycles. The van der Waals surface area contributed by atoms with E-state index >= 15 is 0 Å². The molecule has 1 aromatic rings. The first-order valence-electron chi connectivity index (χ1n) is 8.54. The predicted octanol–water partition coefficient (Wildman–Crippen LogP) is 2.41. The number of likely N-dealkylation sites (tertiary alicyclic amines) is 1. The largest absolute Gasteiger partial charge is 0.392 e. The molecule has 0 spiro atoms. The van der Waals surface area contributed by atoms with Crippen molar-refractivity contribution in [2.75, 3.05) is 18.4 Å². The highest BCUT2D eigenvalue weighted by Crippen LogP contribution is 2.28. The van der Waals surface area contributed by atoms with Gasteiger partial charge in [0.2, 0.25) is 5.91 Å². The number of para-hydroxylation sites is 1. The lowest BCUT2D eigenvalue weighted by Gasteiger charge is -2.27. The van der Waals surface area contributed by atoms with Crippen LogP contribution in [-0.2, 0) is 4.79 Å². The van der Waals surface area contributed by atoms with Crippen molar-refractivity contribution in [2.24, 2.45) is 5.92 Å². The lowest BCUT2D eigenvalue weighted by Crippen LogP contribution is -2.36. The first kappa shape index (κ1) is 16.0. The molecular weight excluding hydrogens is 292 g/mol. The summed E-state index contributed by atoms with van der Waals surface area (Å²) < 4.78 is 0. The van der Waals surface area contributed by atoms with Crippen LogP contribution in [0.5, 0.6) is 0 Å². The van der Waals surface area contributed by atoms with E-state index in [2.05, 4.69) is 5.32 Å². The Bertz CT molecular complexity index is 581. The van der Waals surface area contributed by atoms with Crippen molar-refractivity contribution in [3.05, 3.63) is 29.8 Å². The number of carbonyl (C=O) groups excluding carboxylic acids is 2. The number of piperidine rings is 1. The minimum atomic E-state index is -0.569. The average Bonchev–Trinajstić information content (AvgIpc) is 3.02. The number of carbonyl (C=O) groups is 2. The highest BCUT2D eigenvalue weighted by molar-refractivity contribution is 6.04. The molecule has 3 rings (SSSR count). The van der Waals surface area contributed by atoms with Gasteiger partial charge < -0.3 is 15.3 Å². The fourth-order valence-corrected chi connectivity index (χ4v) is 3.52. The van der Waals surface area contributed by atoms with E-state index in [1.807, 2.05) is 17.0 Å². The van der Waals surface area contributed by atoms with Crippen LogP contribution in [0.3, 0.4) is 0 Å². The molecule has 2 aliphatic rings. The van der Waals surface area contributed by atoms with Crippen LogP contribution in [0.25, 0.3) is 0 Å². The number of hydrogen-bond acceptors (Lipinski definition) is 3. The van der Waals surface area contributed by atoms with Crippen LogP contribution in [0, 0.1) is 5.92 Å². The van der Waals surface area contributed by atoms with Crippen molar-refractivity contribution in [1.29, 1.82) is 0 Å². The molecular formula is C18H24N2O3. The summed E-state index contributed by atoms with van der Waals surface area (Å²) in [4.78, 5) is 27.0. The van der Waals surface area contributed by atoms with E-state index in [4.69, 9.17) is 0 Å². The molecule has 2 amide bonds. The number of rotatable bonds is 3. The Kier molecular flexibility index (Phi) is 4.96. The van der Waals surface area contributed by atoms with E-state index in [9.17, 15) is 14.7 Å². The number of hydrogen-bond donors (Lipinski definition) is 2. The molecule has 23 heavy (non-hydrogen) atoms. The third-order valence-electron chi connectivity index (χ3n) is 4.87. The standard InChI is InChI=1S/C18H24N2O3/c21-16-10-6-8-14(16)17(22)19-15-9-3-2-7-13(15)18(23)20-11-4-1-5-12-20/h2-3,7,9,14,16,21H,1,4-6,8,10-12H2,(H,19,22). The Balaban J connectivity index is 1.75. The molecule has 5 nitrogen and oxygen atoms in total. The minimum absolute atomic E-state index is 0.0208. The Hall–Kier alpha value is -1.88. The van der Waals surface area contributed by atoms with Gasteiger partial charge in [0.05, 0.1) is 23.3 Å². The fraction of sp³-hybridized carbons (Fsp3) is 0.556. The Labute approximate surface area is 136 Å². The highest BCUT2D eigenvalue weighted by atomic mass is 16.3. The Morgan fingerprint density at radius 1 is 1.04 bits per heavy atom. The molecule has 2 fully saturated rings. The molecule has 2 unspecified atom stereocenters. The molecule has 1 aromatic carbocycles. The van der Waals surface area contributed by atoms with Gasteiger partial charge in [-0.2, -0.15) is 0 Å². The van der Waals surface area contributed by atoms with Gasteiger partial charge in [-0.25, -0.2) is 0 Å². The SMILES string of the molecule is O=C(Nc1ccccc1C(=O)N1CCCCC1)C1CCCC1O. The number of benzene rings is 1. The molecule has 1 aliphatic heterocycles. The molecule has 1 heterocycles. The molecule has 2 N–H and O–H groups in total. The predicted molar refractivity (Wildman–Crippen MR) is 88.2 cm³/mol. The number of aliphatic hydroxyl groups is 1. The van der Waals surface area contributed by atoms with E-state index in [0.29, 0.717) is 24.1 Å². The van der Waals surface area contributed by atoms with Gasteiger partial charge in [0.25, 0.3) is 5.91 Å². The molecule has 5 heteroatoms. The first-order chi connectivity index (χ1) is 11.2. The van der Waals surface area contributed by atoms with Crippen LogP contribution >= 0.6 is 0 Å². The van der Waals surface area contributed by atoms with Gasteiger partial charge in [0.1, 0.15) is 0 Å². The third-order valence-corrected chi connectivity index (χ3v) is 4.87. The fourth-order valence-electron chi connectivity index (χ4n) is 3.52. The molecule has 0 radical (unpaired) electrons. The van der Waals surface area contributed by atoms with E-state index in [1.54, 1.807) is 12.1 Å². The second-order valence-corrected chi connectivity index (χ2v) is 6.49. The maximum absolute atomic E-state index is 12.7. The normalized spacial score (nSPS) is 24.5. The van der Waals surface area contributed by atoms with Crippen LogP contribution in [0.15, 0.2) is 24.3 Å². The molecule has 124 valence electrons. The highest BCUT2D eigenvalue weighted by Gasteiger charge is 2.32. The number of nitrogens with zero attached hydrogens (tertiary/aromatic N) is 1. The van der Waals surface area contributed by atoms with Crippen LogP contribution in [0.2, 0.25) is 0 Å². The Morgan fingerprint density at radius 3 is 2.48 bits per heavy atom. The number of anilines is 1. The van der Waals surface area contributed by atoms with Gasteiger partial charge in [-0.05, 0) is 50.7 Å². The molecule has 1 aliphatic carbocycles. The smallest absolute Gasteiger partial charge is 0.255 e. The topological polar surface area (TPSA) is 69.6 Å². The Morgan fingerprint density at radius 2 is 1.78 bits per heavy atom. The molecule has 0 bridgehead atoms. The summed E-state index contributed by atoms with van der Waals surface area (Å²) in [6, 6.07) is 7.15. The van der Waals surface area contributed by atoms with Crippen LogP contribution in [0.4, 0.5) is 5.69 Å². The van der Waals surface area contributed by atoms with Gasteiger partial charge in [0, 0.05) is 13.1 Å². The summed E-state index contributed by atoms with van der Waals surface area (Å²) in [7, 11) is 0. The zero-order valence-electron chi connectivity index (χ0n) is 13.3. The van der Waals surface area contributed by atoms with Crippen LogP contribution in [0.1, 0.15) is 48.9 Å². The van der Waals surface area contributed by atoms with Crippen molar-refractivity contribution >= 4 is 17.5 Å². The van der Waals surface area contributed by atoms with Crippen molar-refractivity contribution in [1.82, 2.24) is 4.90 Å². The summed E-state index contributed by atoms with van der Waals surface area (Å²) in [5.41, 5.74) is 1.09. The minimum Gasteiger partial charge on any atom is -0.392 e. The quantitative estimate of drug-likeness (QED) is 0.900. The molecule has 1 saturated heterocycles. The van der Waals surface area contributed by atoms with E-state index in [-0.39, 0.29) is 17.7 Å². The van der Waals surface area contributed by atoms with Crippen molar-refractivity contribution in [3.63, 3.8) is 0 Å². The lowest BCUT2D eigenvalue weighted by atomic mass is 10.0. The first-order valence-corrected chi connectivity index (χ1v) is 8.54. The number of amides is 2. The van der Waals surface area contributed by atoms with Gasteiger partial charge in [-0.3, -0.25) is 9.59 Å². The second kappa shape index (κ2) is 7.13.